The van der Waals surface area contributed by atoms with Gasteiger partial charge in [-0.05, 0) is 48.5 Å². The highest BCUT2D eigenvalue weighted by atomic mass is 35.5. The molecule has 3 rings (SSSR count). The van der Waals surface area contributed by atoms with E-state index in [1.807, 2.05) is 0 Å². The molecule has 0 bridgehead atoms. The summed E-state index contributed by atoms with van der Waals surface area (Å²) in [7, 11) is -2.46. The van der Waals surface area contributed by atoms with E-state index in [2.05, 4.69) is 14.9 Å². The van der Waals surface area contributed by atoms with Crippen LogP contribution in [0.25, 0.3) is 11.3 Å². The normalized spacial score (nSPS) is 11.3. The predicted octanol–water partition coefficient (Wildman–Crippen LogP) is 3.30. The summed E-state index contributed by atoms with van der Waals surface area (Å²) in [6, 6.07) is 13.5. The molecule has 0 fully saturated rings. The fraction of sp³-hybridized carbons (Fsp3) is 0.158. The quantitative estimate of drug-likeness (QED) is 0.544. The first kappa shape index (κ1) is 21.0. The zero-order chi connectivity index (χ0) is 20.9. The van der Waals surface area contributed by atoms with Crippen molar-refractivity contribution in [3.63, 3.8) is 0 Å². The Morgan fingerprint density at radius 3 is 2.48 bits per heavy atom. The second-order valence-corrected chi connectivity index (χ2v) is 7.98. The van der Waals surface area contributed by atoms with Crippen LogP contribution in [0.3, 0.4) is 0 Å². The minimum absolute atomic E-state index is 0.000601. The van der Waals surface area contributed by atoms with E-state index >= 15 is 0 Å². The third-order valence-electron chi connectivity index (χ3n) is 3.84. The summed E-state index contributed by atoms with van der Waals surface area (Å²) in [5.41, 5.74) is 1.28. The SMILES string of the molecule is COc1ccc(Cl)cc1S(=O)(=O)NCCOc1ccc(-c2ccc(F)cc2)nn1. The molecule has 0 radical (unpaired) electrons. The lowest BCUT2D eigenvalue weighted by Gasteiger charge is -2.11. The van der Waals surface area contributed by atoms with Gasteiger partial charge in [0.05, 0.1) is 12.8 Å². The van der Waals surface area contributed by atoms with E-state index in [4.69, 9.17) is 21.1 Å². The maximum Gasteiger partial charge on any atom is 0.244 e. The van der Waals surface area contributed by atoms with Crippen LogP contribution in [-0.4, -0.2) is 38.9 Å². The number of hydrogen-bond acceptors (Lipinski definition) is 6. The summed E-state index contributed by atoms with van der Waals surface area (Å²) in [5.74, 6) is 0.0833. The summed E-state index contributed by atoms with van der Waals surface area (Å²) in [4.78, 5) is -0.0593. The first-order chi connectivity index (χ1) is 13.9. The Morgan fingerprint density at radius 2 is 1.83 bits per heavy atom. The molecule has 0 amide bonds. The second-order valence-electron chi connectivity index (χ2n) is 5.81. The summed E-state index contributed by atoms with van der Waals surface area (Å²) < 4.78 is 50.8. The van der Waals surface area contributed by atoms with Crippen LogP contribution in [-0.2, 0) is 10.0 Å². The Kier molecular flexibility index (Phi) is 6.63. The van der Waals surface area contributed by atoms with Crippen molar-refractivity contribution in [1.82, 2.24) is 14.9 Å². The van der Waals surface area contributed by atoms with Crippen LogP contribution < -0.4 is 14.2 Å². The van der Waals surface area contributed by atoms with Crippen molar-refractivity contribution in [2.75, 3.05) is 20.3 Å². The molecule has 0 aliphatic heterocycles. The highest BCUT2D eigenvalue weighted by Crippen LogP contribution is 2.26. The molecule has 0 aliphatic carbocycles. The maximum absolute atomic E-state index is 13.0. The molecule has 0 spiro atoms. The molecule has 2 aromatic carbocycles. The van der Waals surface area contributed by atoms with E-state index in [1.54, 1.807) is 24.3 Å². The van der Waals surface area contributed by atoms with Crippen LogP contribution in [0.1, 0.15) is 0 Å². The maximum atomic E-state index is 13.0. The fourth-order valence-electron chi connectivity index (χ4n) is 2.44. The highest BCUT2D eigenvalue weighted by Gasteiger charge is 2.19. The first-order valence-electron chi connectivity index (χ1n) is 8.45. The lowest BCUT2D eigenvalue weighted by molar-refractivity contribution is 0.307. The van der Waals surface area contributed by atoms with Crippen LogP contribution in [0.4, 0.5) is 4.39 Å². The van der Waals surface area contributed by atoms with Crippen LogP contribution in [0, 0.1) is 5.82 Å². The summed E-state index contributed by atoms with van der Waals surface area (Å²) >= 11 is 5.88. The number of methoxy groups -OCH3 is 1. The molecular weight excluding hydrogens is 421 g/mol. The lowest BCUT2D eigenvalue weighted by atomic mass is 10.1. The molecule has 3 aromatic rings. The summed E-state index contributed by atoms with van der Waals surface area (Å²) in [6.07, 6.45) is 0. The number of rotatable bonds is 8. The highest BCUT2D eigenvalue weighted by molar-refractivity contribution is 7.89. The summed E-state index contributed by atoms with van der Waals surface area (Å²) in [6.45, 7) is 0.0338. The molecule has 1 N–H and O–H groups in total. The Labute approximate surface area is 172 Å². The van der Waals surface area contributed by atoms with Gasteiger partial charge in [0.2, 0.25) is 15.9 Å². The number of nitrogens with zero attached hydrogens (tertiary/aromatic N) is 2. The van der Waals surface area contributed by atoms with Crippen molar-refractivity contribution in [2.24, 2.45) is 0 Å². The van der Waals surface area contributed by atoms with Crippen LogP contribution >= 0.6 is 11.6 Å². The van der Waals surface area contributed by atoms with Crippen molar-refractivity contribution >= 4 is 21.6 Å². The van der Waals surface area contributed by atoms with Gasteiger partial charge in [-0.3, -0.25) is 0 Å². The van der Waals surface area contributed by atoms with Gasteiger partial charge >= 0.3 is 0 Å². The monoisotopic (exact) mass is 437 g/mol. The molecule has 0 saturated carbocycles. The van der Waals surface area contributed by atoms with Gasteiger partial charge in [0.1, 0.15) is 23.1 Å². The van der Waals surface area contributed by atoms with Crippen molar-refractivity contribution in [3.8, 4) is 22.9 Å². The topological polar surface area (TPSA) is 90.4 Å². The molecule has 0 unspecified atom stereocenters. The summed E-state index contributed by atoms with van der Waals surface area (Å²) in [5, 5.41) is 8.22. The predicted molar refractivity (Wildman–Crippen MR) is 106 cm³/mol. The zero-order valence-electron chi connectivity index (χ0n) is 15.3. The number of hydrogen-bond donors (Lipinski definition) is 1. The Bertz CT molecular complexity index is 1080. The minimum atomic E-state index is -3.83. The third kappa shape index (κ3) is 5.41. The number of nitrogens with one attached hydrogen (secondary N) is 1. The lowest BCUT2D eigenvalue weighted by Crippen LogP contribution is -2.28. The molecule has 1 heterocycles. The molecule has 0 aliphatic rings. The number of benzene rings is 2. The van der Waals surface area contributed by atoms with Crippen molar-refractivity contribution in [3.05, 3.63) is 65.4 Å². The average Bonchev–Trinajstić information content (AvgIpc) is 2.72. The fourth-order valence-corrected chi connectivity index (χ4v) is 3.88. The molecule has 0 saturated heterocycles. The number of aromatic nitrogens is 2. The van der Waals surface area contributed by atoms with Crippen molar-refractivity contribution in [1.29, 1.82) is 0 Å². The largest absolute Gasteiger partial charge is 0.495 e. The molecule has 0 atom stereocenters. The molecule has 29 heavy (non-hydrogen) atoms. The van der Waals surface area contributed by atoms with Gasteiger partial charge in [-0.2, -0.15) is 0 Å². The first-order valence-corrected chi connectivity index (χ1v) is 10.3. The van der Waals surface area contributed by atoms with E-state index in [9.17, 15) is 12.8 Å². The molecular formula is C19H17ClFN3O4S. The molecule has 1 aromatic heterocycles. The third-order valence-corrected chi connectivity index (χ3v) is 5.56. The van der Waals surface area contributed by atoms with E-state index in [1.165, 1.54) is 37.4 Å². The van der Waals surface area contributed by atoms with E-state index < -0.39 is 10.0 Å². The van der Waals surface area contributed by atoms with Gasteiger partial charge in [0.25, 0.3) is 0 Å². The van der Waals surface area contributed by atoms with Gasteiger partial charge < -0.3 is 9.47 Å². The van der Waals surface area contributed by atoms with Crippen LogP contribution in [0.2, 0.25) is 5.02 Å². The number of halogens is 2. The van der Waals surface area contributed by atoms with Crippen molar-refractivity contribution in [2.45, 2.75) is 4.90 Å². The van der Waals surface area contributed by atoms with E-state index in [-0.39, 0.29) is 40.5 Å². The minimum Gasteiger partial charge on any atom is -0.495 e. The Balaban J connectivity index is 1.56. The van der Waals surface area contributed by atoms with E-state index in [0.29, 0.717) is 11.3 Å². The van der Waals surface area contributed by atoms with Crippen LogP contribution in [0.5, 0.6) is 11.6 Å². The zero-order valence-corrected chi connectivity index (χ0v) is 16.9. The van der Waals surface area contributed by atoms with Gasteiger partial charge in [-0.1, -0.05) is 11.6 Å². The number of sulfonamides is 1. The van der Waals surface area contributed by atoms with Gasteiger partial charge in [-0.25, -0.2) is 17.5 Å². The Hall–Kier alpha value is -2.75. The van der Waals surface area contributed by atoms with Crippen molar-refractivity contribution < 1.29 is 22.3 Å². The van der Waals surface area contributed by atoms with Crippen LogP contribution in [0.15, 0.2) is 59.5 Å². The smallest absolute Gasteiger partial charge is 0.244 e. The van der Waals surface area contributed by atoms with Gasteiger partial charge in [-0.15, -0.1) is 10.2 Å². The molecule has 10 heteroatoms. The van der Waals surface area contributed by atoms with E-state index in [0.717, 1.165) is 0 Å². The molecule has 7 nitrogen and oxygen atoms in total. The second kappa shape index (κ2) is 9.17. The standard InChI is InChI=1S/C19H17ClFN3O4S/c1-27-17-8-4-14(20)12-18(17)29(25,26)22-10-11-28-19-9-7-16(23-24-19)13-2-5-15(21)6-3-13/h2-9,12,22H,10-11H2,1H3. The average molecular weight is 438 g/mol. The number of ether oxygens (including phenoxy) is 2. The van der Waals surface area contributed by atoms with Gasteiger partial charge in [0.15, 0.2) is 0 Å². The van der Waals surface area contributed by atoms with Gasteiger partial charge in [0, 0.05) is 23.2 Å². The molecule has 152 valence electrons. The Morgan fingerprint density at radius 1 is 1.07 bits per heavy atom.